The number of rotatable bonds is 5. The van der Waals surface area contributed by atoms with E-state index in [-0.39, 0.29) is 17.5 Å². The molecule has 6 rings (SSSR count). The van der Waals surface area contributed by atoms with Crippen LogP contribution in [0.3, 0.4) is 0 Å². The first-order valence-electron chi connectivity index (χ1n) is 9.50. The molecule has 5 bridgehead atoms. The van der Waals surface area contributed by atoms with Gasteiger partial charge in [0.05, 0.1) is 11.0 Å². The lowest BCUT2D eigenvalue weighted by Crippen LogP contribution is -2.83. The van der Waals surface area contributed by atoms with E-state index in [1.54, 1.807) is 0 Å². The van der Waals surface area contributed by atoms with Crippen molar-refractivity contribution in [2.45, 2.75) is 84.3 Å². The summed E-state index contributed by atoms with van der Waals surface area (Å²) >= 11 is 0. The summed E-state index contributed by atoms with van der Waals surface area (Å²) in [5.41, 5.74) is -0.991. The SMILES string of the molecule is CC(C)CC(C)(C(=O)OC12CC3CC4(C1)CC(O)(C2)C34)C(C)C. The van der Waals surface area contributed by atoms with Crippen molar-refractivity contribution in [3.63, 3.8) is 0 Å². The van der Waals surface area contributed by atoms with Crippen molar-refractivity contribution >= 4 is 5.97 Å². The van der Waals surface area contributed by atoms with Crippen LogP contribution in [-0.2, 0) is 9.53 Å². The first-order chi connectivity index (χ1) is 10.5. The molecule has 0 heterocycles. The average molecular weight is 320 g/mol. The van der Waals surface area contributed by atoms with Gasteiger partial charge in [-0.3, -0.25) is 4.79 Å². The maximum atomic E-state index is 13.1. The second kappa shape index (κ2) is 4.33. The molecular weight excluding hydrogens is 288 g/mol. The standard InChI is InChI=1S/C20H32O3/c1-12(2)6-17(5,13(3)4)16(21)23-19-8-14-7-18(9-19)10-20(22,11-19)15(14)18/h12-15,22H,6-11H2,1-5H3. The quantitative estimate of drug-likeness (QED) is 0.781. The molecule has 3 nitrogen and oxygen atoms in total. The van der Waals surface area contributed by atoms with Crippen LogP contribution in [0.25, 0.3) is 0 Å². The van der Waals surface area contributed by atoms with E-state index < -0.39 is 11.0 Å². The number of ether oxygens (including phenoxy) is 1. The van der Waals surface area contributed by atoms with E-state index in [2.05, 4.69) is 34.6 Å². The van der Waals surface area contributed by atoms with Crippen LogP contribution >= 0.6 is 0 Å². The Balaban J connectivity index is 1.55. The van der Waals surface area contributed by atoms with Gasteiger partial charge in [-0.05, 0) is 68.1 Å². The third kappa shape index (κ3) is 1.89. The highest BCUT2D eigenvalue weighted by atomic mass is 16.6. The largest absolute Gasteiger partial charge is 0.459 e. The third-order valence-electron chi connectivity index (χ3n) is 7.86. The van der Waals surface area contributed by atoms with Gasteiger partial charge in [0.2, 0.25) is 0 Å². The molecule has 0 aliphatic heterocycles. The molecule has 1 N–H and O–H groups in total. The maximum absolute atomic E-state index is 13.1. The number of aliphatic hydroxyl groups is 1. The topological polar surface area (TPSA) is 46.5 Å². The van der Waals surface area contributed by atoms with E-state index >= 15 is 0 Å². The summed E-state index contributed by atoms with van der Waals surface area (Å²) in [4.78, 5) is 13.1. The van der Waals surface area contributed by atoms with E-state index in [0.29, 0.717) is 29.6 Å². The summed E-state index contributed by atoms with van der Waals surface area (Å²) in [6, 6.07) is 0. The summed E-state index contributed by atoms with van der Waals surface area (Å²) in [7, 11) is 0. The average Bonchev–Trinajstić information content (AvgIpc) is 2.33. The summed E-state index contributed by atoms with van der Waals surface area (Å²) < 4.78 is 6.26. The Bertz CT molecular complexity index is 541. The smallest absolute Gasteiger partial charge is 0.312 e. The highest BCUT2D eigenvalue weighted by Gasteiger charge is 2.82. The van der Waals surface area contributed by atoms with E-state index in [1.165, 1.54) is 6.42 Å². The number of hydrogen-bond acceptors (Lipinski definition) is 3. The van der Waals surface area contributed by atoms with Gasteiger partial charge in [-0.25, -0.2) is 0 Å². The molecule has 0 radical (unpaired) electrons. The summed E-state index contributed by atoms with van der Waals surface area (Å²) in [5, 5.41) is 10.9. The summed E-state index contributed by atoms with van der Waals surface area (Å²) in [6.45, 7) is 10.7. The fourth-order valence-electron chi connectivity index (χ4n) is 7.21. The molecule has 0 aromatic heterocycles. The van der Waals surface area contributed by atoms with Crippen molar-refractivity contribution in [3.8, 4) is 0 Å². The van der Waals surface area contributed by atoms with Gasteiger partial charge in [0, 0.05) is 6.42 Å². The lowest BCUT2D eigenvalue weighted by molar-refractivity contribution is -0.391. The predicted molar refractivity (Wildman–Crippen MR) is 88.7 cm³/mol. The van der Waals surface area contributed by atoms with Gasteiger partial charge in [0.25, 0.3) is 0 Å². The normalized spacial score (nSPS) is 48.7. The molecule has 6 fully saturated rings. The molecule has 6 atom stereocenters. The molecule has 0 amide bonds. The van der Waals surface area contributed by atoms with Crippen LogP contribution in [0.1, 0.15) is 73.1 Å². The molecule has 6 aliphatic carbocycles. The van der Waals surface area contributed by atoms with Gasteiger partial charge >= 0.3 is 5.97 Å². The van der Waals surface area contributed by atoms with Gasteiger partial charge in [0.15, 0.2) is 0 Å². The van der Waals surface area contributed by atoms with Crippen molar-refractivity contribution in [2.24, 2.45) is 34.5 Å². The first-order valence-corrected chi connectivity index (χ1v) is 9.50. The minimum atomic E-state index is -0.522. The molecule has 1 spiro atoms. The van der Waals surface area contributed by atoms with Crippen LogP contribution < -0.4 is 0 Å². The molecule has 23 heavy (non-hydrogen) atoms. The number of esters is 1. The highest BCUT2D eigenvalue weighted by Crippen LogP contribution is 2.82. The lowest BCUT2D eigenvalue weighted by atomic mass is 9.25. The van der Waals surface area contributed by atoms with Crippen LogP contribution in [0.5, 0.6) is 0 Å². The minimum absolute atomic E-state index is 0.0275. The number of hydrogen-bond donors (Lipinski definition) is 1. The van der Waals surface area contributed by atoms with Gasteiger partial charge in [-0.2, -0.15) is 0 Å². The van der Waals surface area contributed by atoms with Crippen molar-refractivity contribution in [1.29, 1.82) is 0 Å². The monoisotopic (exact) mass is 320 g/mol. The molecule has 6 unspecified atom stereocenters. The number of carbonyl (C=O) groups is 1. The zero-order valence-corrected chi connectivity index (χ0v) is 15.3. The van der Waals surface area contributed by atoms with E-state index in [4.69, 9.17) is 4.74 Å². The first kappa shape index (κ1) is 15.9. The maximum Gasteiger partial charge on any atom is 0.312 e. The van der Waals surface area contributed by atoms with Gasteiger partial charge in [0.1, 0.15) is 5.60 Å². The molecule has 6 saturated carbocycles. The Morgan fingerprint density at radius 3 is 2.43 bits per heavy atom. The predicted octanol–water partition coefficient (Wildman–Crippen LogP) is 3.93. The zero-order chi connectivity index (χ0) is 16.8. The van der Waals surface area contributed by atoms with Crippen molar-refractivity contribution in [1.82, 2.24) is 0 Å². The van der Waals surface area contributed by atoms with Crippen LogP contribution in [-0.4, -0.2) is 22.3 Å². The van der Waals surface area contributed by atoms with Crippen molar-refractivity contribution < 1.29 is 14.6 Å². The van der Waals surface area contributed by atoms with Crippen molar-refractivity contribution in [3.05, 3.63) is 0 Å². The Morgan fingerprint density at radius 2 is 1.91 bits per heavy atom. The summed E-state index contributed by atoms with van der Waals surface area (Å²) in [6.07, 6.45) is 5.75. The number of carbonyl (C=O) groups excluding carboxylic acids is 1. The van der Waals surface area contributed by atoms with Crippen LogP contribution in [0.4, 0.5) is 0 Å². The van der Waals surface area contributed by atoms with Gasteiger partial charge in [-0.15, -0.1) is 0 Å². The summed E-state index contributed by atoms with van der Waals surface area (Å²) in [5.74, 6) is 1.82. The van der Waals surface area contributed by atoms with Crippen LogP contribution in [0, 0.1) is 34.5 Å². The second-order valence-corrected chi connectivity index (χ2v) is 10.4. The Kier molecular flexibility index (Phi) is 3.00. The molecule has 130 valence electrons. The second-order valence-electron chi connectivity index (χ2n) is 10.4. The van der Waals surface area contributed by atoms with Crippen molar-refractivity contribution in [2.75, 3.05) is 0 Å². The molecule has 0 saturated heterocycles. The van der Waals surface area contributed by atoms with E-state index in [9.17, 15) is 9.90 Å². The highest BCUT2D eigenvalue weighted by molar-refractivity contribution is 5.77. The van der Waals surface area contributed by atoms with Gasteiger partial charge < -0.3 is 9.84 Å². The molecular formula is C20H32O3. The van der Waals surface area contributed by atoms with E-state index in [1.807, 2.05) is 0 Å². The Labute approximate surface area is 140 Å². The Morgan fingerprint density at radius 1 is 1.22 bits per heavy atom. The van der Waals surface area contributed by atoms with E-state index in [0.717, 1.165) is 25.7 Å². The van der Waals surface area contributed by atoms with Crippen LogP contribution in [0.2, 0.25) is 0 Å². The van der Waals surface area contributed by atoms with Crippen LogP contribution in [0.15, 0.2) is 0 Å². The minimum Gasteiger partial charge on any atom is -0.459 e. The zero-order valence-electron chi connectivity index (χ0n) is 15.3. The fourth-order valence-corrected chi connectivity index (χ4v) is 7.21. The van der Waals surface area contributed by atoms with Gasteiger partial charge in [-0.1, -0.05) is 27.7 Å². The third-order valence-corrected chi connectivity index (χ3v) is 7.86. The molecule has 3 heteroatoms. The lowest BCUT2D eigenvalue weighted by Gasteiger charge is -2.82. The Hall–Kier alpha value is -0.570. The molecule has 0 aromatic carbocycles. The fraction of sp³-hybridized carbons (Fsp3) is 0.950. The molecule has 0 aromatic rings. The molecule has 6 aliphatic rings.